The van der Waals surface area contributed by atoms with Gasteiger partial charge in [-0.3, -0.25) is 10.1 Å². The zero-order chi connectivity index (χ0) is 14.5. The number of nitrogens with zero attached hydrogens (tertiary/aromatic N) is 4. The number of non-ortho nitro benzene ring substituents is 1. The number of benzene rings is 1. The van der Waals surface area contributed by atoms with Crippen LogP contribution in [0.4, 0.5) is 5.69 Å². The van der Waals surface area contributed by atoms with Crippen molar-refractivity contribution in [1.29, 1.82) is 0 Å². The Morgan fingerprint density at radius 1 is 1.35 bits per heavy atom. The van der Waals surface area contributed by atoms with Crippen LogP contribution in [-0.2, 0) is 13.1 Å². The van der Waals surface area contributed by atoms with Gasteiger partial charge in [-0.25, -0.2) is 4.68 Å². The summed E-state index contributed by atoms with van der Waals surface area (Å²) < 4.78 is 1.72. The first-order chi connectivity index (χ1) is 9.54. The molecular formula is C13H17N5O2. The van der Waals surface area contributed by atoms with Crippen LogP contribution in [0.15, 0.2) is 30.5 Å². The van der Waals surface area contributed by atoms with Crippen molar-refractivity contribution in [1.82, 2.24) is 20.3 Å². The maximum Gasteiger partial charge on any atom is 0.269 e. The predicted octanol–water partition coefficient (Wildman–Crippen LogP) is 1.73. The van der Waals surface area contributed by atoms with E-state index in [1.807, 2.05) is 6.20 Å². The Bertz CT molecular complexity index is 577. The number of hydrogen-bond donors (Lipinski definition) is 1. The standard InChI is InChI=1S/C13H17N5O2/c1-10(2)14-7-12-9-17(16-15-12)8-11-3-5-13(6-4-11)18(19)20/h3-6,9-10,14H,7-8H2,1-2H3. The summed E-state index contributed by atoms with van der Waals surface area (Å²) in [6, 6.07) is 6.84. The Labute approximate surface area is 116 Å². The van der Waals surface area contributed by atoms with Crippen molar-refractivity contribution >= 4 is 5.69 Å². The second kappa shape index (κ2) is 6.25. The Morgan fingerprint density at radius 3 is 2.65 bits per heavy atom. The summed E-state index contributed by atoms with van der Waals surface area (Å²) in [7, 11) is 0. The third-order valence-electron chi connectivity index (χ3n) is 2.77. The minimum atomic E-state index is -0.408. The van der Waals surface area contributed by atoms with Gasteiger partial charge in [-0.05, 0) is 5.56 Å². The topological polar surface area (TPSA) is 85.9 Å². The van der Waals surface area contributed by atoms with Crippen LogP contribution in [-0.4, -0.2) is 26.0 Å². The molecular weight excluding hydrogens is 258 g/mol. The third kappa shape index (κ3) is 3.86. The fraction of sp³-hybridized carbons (Fsp3) is 0.385. The minimum Gasteiger partial charge on any atom is -0.309 e. The lowest BCUT2D eigenvalue weighted by Gasteiger charge is -2.04. The minimum absolute atomic E-state index is 0.0918. The van der Waals surface area contributed by atoms with Crippen molar-refractivity contribution in [2.75, 3.05) is 0 Å². The molecule has 0 aliphatic carbocycles. The second-order valence-electron chi connectivity index (χ2n) is 4.87. The fourth-order valence-electron chi connectivity index (χ4n) is 1.72. The summed E-state index contributed by atoms with van der Waals surface area (Å²) in [5, 5.41) is 22.0. The van der Waals surface area contributed by atoms with Crippen LogP contribution in [0.3, 0.4) is 0 Å². The van der Waals surface area contributed by atoms with Crippen LogP contribution in [0.25, 0.3) is 0 Å². The number of nitro benzene ring substituents is 1. The SMILES string of the molecule is CC(C)NCc1cn(Cc2ccc([N+](=O)[O-])cc2)nn1. The van der Waals surface area contributed by atoms with Crippen LogP contribution in [0, 0.1) is 10.1 Å². The highest BCUT2D eigenvalue weighted by molar-refractivity contribution is 5.32. The van der Waals surface area contributed by atoms with Crippen molar-refractivity contribution < 1.29 is 4.92 Å². The van der Waals surface area contributed by atoms with E-state index in [4.69, 9.17) is 0 Å². The van der Waals surface area contributed by atoms with Crippen LogP contribution in [0.5, 0.6) is 0 Å². The molecule has 0 aliphatic heterocycles. The van der Waals surface area contributed by atoms with Gasteiger partial charge in [0.1, 0.15) is 0 Å². The van der Waals surface area contributed by atoms with Crippen LogP contribution in [0.2, 0.25) is 0 Å². The molecule has 1 heterocycles. The summed E-state index contributed by atoms with van der Waals surface area (Å²) in [5.74, 6) is 0. The summed E-state index contributed by atoms with van der Waals surface area (Å²) >= 11 is 0. The molecule has 0 atom stereocenters. The lowest BCUT2D eigenvalue weighted by atomic mass is 10.2. The van der Waals surface area contributed by atoms with Crippen molar-refractivity contribution in [3.8, 4) is 0 Å². The molecule has 7 nitrogen and oxygen atoms in total. The number of nitro groups is 1. The van der Waals surface area contributed by atoms with Gasteiger partial charge in [0.25, 0.3) is 5.69 Å². The predicted molar refractivity (Wildman–Crippen MR) is 74.2 cm³/mol. The van der Waals surface area contributed by atoms with Gasteiger partial charge >= 0.3 is 0 Å². The Morgan fingerprint density at radius 2 is 2.05 bits per heavy atom. The third-order valence-corrected chi connectivity index (χ3v) is 2.77. The molecule has 0 spiro atoms. The maximum absolute atomic E-state index is 10.6. The van der Waals surface area contributed by atoms with Gasteiger partial charge in [-0.15, -0.1) is 5.10 Å². The first-order valence-corrected chi connectivity index (χ1v) is 6.40. The van der Waals surface area contributed by atoms with Gasteiger partial charge in [0.05, 0.1) is 23.4 Å². The van der Waals surface area contributed by atoms with E-state index < -0.39 is 4.92 Å². The molecule has 2 aromatic rings. The van der Waals surface area contributed by atoms with Crippen molar-refractivity contribution in [2.45, 2.75) is 33.0 Å². The first kappa shape index (κ1) is 14.1. The van der Waals surface area contributed by atoms with Gasteiger partial charge in [-0.1, -0.05) is 31.2 Å². The molecule has 0 fully saturated rings. The highest BCUT2D eigenvalue weighted by Gasteiger charge is 2.06. The Hall–Kier alpha value is -2.28. The maximum atomic E-state index is 10.6. The first-order valence-electron chi connectivity index (χ1n) is 6.40. The number of aromatic nitrogens is 3. The number of rotatable bonds is 6. The highest BCUT2D eigenvalue weighted by atomic mass is 16.6. The van der Waals surface area contributed by atoms with E-state index in [2.05, 4.69) is 29.5 Å². The van der Waals surface area contributed by atoms with Crippen molar-refractivity contribution in [3.63, 3.8) is 0 Å². The molecule has 2 rings (SSSR count). The van der Waals surface area contributed by atoms with Crippen molar-refractivity contribution in [3.05, 3.63) is 51.8 Å². The average Bonchev–Trinajstić information content (AvgIpc) is 2.84. The van der Waals surface area contributed by atoms with E-state index >= 15 is 0 Å². The lowest BCUT2D eigenvalue weighted by Crippen LogP contribution is -2.21. The fourth-order valence-corrected chi connectivity index (χ4v) is 1.72. The van der Waals surface area contributed by atoms with Gasteiger partial charge in [0, 0.05) is 24.7 Å². The van der Waals surface area contributed by atoms with E-state index in [0.29, 0.717) is 19.1 Å². The molecule has 1 aromatic carbocycles. The average molecular weight is 275 g/mol. The van der Waals surface area contributed by atoms with Gasteiger partial charge in [-0.2, -0.15) is 0 Å². The van der Waals surface area contributed by atoms with Gasteiger partial charge < -0.3 is 5.32 Å². The van der Waals surface area contributed by atoms with Crippen LogP contribution < -0.4 is 5.32 Å². The molecule has 7 heteroatoms. The molecule has 0 saturated heterocycles. The molecule has 0 unspecified atom stereocenters. The van der Waals surface area contributed by atoms with Gasteiger partial charge in [0.15, 0.2) is 0 Å². The largest absolute Gasteiger partial charge is 0.309 e. The number of hydrogen-bond acceptors (Lipinski definition) is 5. The molecule has 1 N–H and O–H groups in total. The molecule has 106 valence electrons. The van der Waals surface area contributed by atoms with E-state index in [1.165, 1.54) is 12.1 Å². The highest BCUT2D eigenvalue weighted by Crippen LogP contribution is 2.12. The summed E-state index contributed by atoms with van der Waals surface area (Å²) in [5.41, 5.74) is 1.92. The van der Waals surface area contributed by atoms with Crippen LogP contribution >= 0.6 is 0 Å². The molecule has 0 bridgehead atoms. The molecule has 0 radical (unpaired) electrons. The molecule has 0 aliphatic rings. The summed E-state index contributed by atoms with van der Waals surface area (Å²) in [6.45, 7) is 5.37. The molecule has 1 aromatic heterocycles. The molecule has 0 saturated carbocycles. The van der Waals surface area contributed by atoms with E-state index in [0.717, 1.165) is 11.3 Å². The smallest absolute Gasteiger partial charge is 0.269 e. The van der Waals surface area contributed by atoms with E-state index in [1.54, 1.807) is 16.8 Å². The summed E-state index contributed by atoms with van der Waals surface area (Å²) in [4.78, 5) is 10.2. The van der Waals surface area contributed by atoms with E-state index in [9.17, 15) is 10.1 Å². The van der Waals surface area contributed by atoms with E-state index in [-0.39, 0.29) is 5.69 Å². The quantitative estimate of drug-likeness (QED) is 0.641. The summed E-state index contributed by atoms with van der Waals surface area (Å²) in [6.07, 6.45) is 1.87. The van der Waals surface area contributed by atoms with Gasteiger partial charge in [0.2, 0.25) is 0 Å². The zero-order valence-corrected chi connectivity index (χ0v) is 11.5. The molecule has 20 heavy (non-hydrogen) atoms. The zero-order valence-electron chi connectivity index (χ0n) is 11.5. The molecule has 0 amide bonds. The van der Waals surface area contributed by atoms with Crippen LogP contribution in [0.1, 0.15) is 25.1 Å². The Balaban J connectivity index is 1.97. The normalized spacial score (nSPS) is 10.9. The monoisotopic (exact) mass is 275 g/mol. The Kier molecular flexibility index (Phi) is 4.41. The van der Waals surface area contributed by atoms with Crippen molar-refractivity contribution in [2.24, 2.45) is 0 Å². The number of nitrogens with one attached hydrogen (secondary N) is 1. The lowest BCUT2D eigenvalue weighted by molar-refractivity contribution is -0.384. The second-order valence-corrected chi connectivity index (χ2v) is 4.87.